The molecule has 2 amide bonds. The Labute approximate surface area is 171 Å². The van der Waals surface area contributed by atoms with Crippen LogP contribution in [-0.4, -0.2) is 47.9 Å². The normalized spacial score (nSPS) is 16.2. The summed E-state index contributed by atoms with van der Waals surface area (Å²) in [5.41, 5.74) is 7.92. The Balaban J connectivity index is 1.47. The highest BCUT2D eigenvalue weighted by atomic mass is 16.2. The van der Waals surface area contributed by atoms with Gasteiger partial charge in [-0.25, -0.2) is 0 Å². The van der Waals surface area contributed by atoms with E-state index in [9.17, 15) is 9.59 Å². The van der Waals surface area contributed by atoms with E-state index in [1.807, 2.05) is 0 Å². The van der Waals surface area contributed by atoms with Crippen molar-refractivity contribution in [1.82, 2.24) is 15.2 Å². The highest BCUT2D eigenvalue weighted by molar-refractivity contribution is 6.04. The van der Waals surface area contributed by atoms with Crippen LogP contribution in [0.3, 0.4) is 0 Å². The maximum absolute atomic E-state index is 12.3. The van der Waals surface area contributed by atoms with Gasteiger partial charge in [-0.05, 0) is 55.6 Å². The smallest absolute Gasteiger partial charge is 0.274 e. The molecule has 1 saturated heterocycles. The van der Waals surface area contributed by atoms with Crippen LogP contribution in [0.25, 0.3) is 0 Å². The topological polar surface area (TPSA) is 100 Å². The predicted molar refractivity (Wildman–Crippen MR) is 115 cm³/mol. The molecule has 1 aromatic heterocycles. The van der Waals surface area contributed by atoms with E-state index >= 15 is 0 Å². The molecule has 0 radical (unpaired) electrons. The standard InChI is InChI=1S/C22H29N5O2/c1-22(2)9-12-27(13-10-22)14-11-24-20(28)16-7-8-19(25-15-16)21(29)26-18-6-4-3-5-17(18)23/h3-8,15H,9-14,23H2,1-2H3,(H,24,28)(H,26,29). The average Bonchev–Trinajstić information content (AvgIpc) is 2.71. The van der Waals surface area contributed by atoms with Gasteiger partial charge in [-0.1, -0.05) is 26.0 Å². The number of piperidine rings is 1. The fourth-order valence-corrected chi connectivity index (χ4v) is 3.27. The van der Waals surface area contributed by atoms with Gasteiger partial charge in [0.1, 0.15) is 5.69 Å². The zero-order valence-electron chi connectivity index (χ0n) is 17.1. The van der Waals surface area contributed by atoms with Crippen LogP contribution in [0.4, 0.5) is 11.4 Å². The van der Waals surface area contributed by atoms with E-state index in [1.165, 1.54) is 25.1 Å². The van der Waals surface area contributed by atoms with Gasteiger partial charge < -0.3 is 21.3 Å². The Kier molecular flexibility index (Phi) is 6.49. The fraction of sp³-hybridized carbons (Fsp3) is 0.409. The van der Waals surface area contributed by atoms with Gasteiger partial charge >= 0.3 is 0 Å². The maximum atomic E-state index is 12.3. The molecule has 0 unspecified atom stereocenters. The number of benzene rings is 1. The summed E-state index contributed by atoms with van der Waals surface area (Å²) in [6, 6.07) is 10.2. The minimum Gasteiger partial charge on any atom is -0.397 e. The molecule has 2 aromatic rings. The average molecular weight is 396 g/mol. The lowest BCUT2D eigenvalue weighted by Crippen LogP contribution is -2.41. The van der Waals surface area contributed by atoms with E-state index in [4.69, 9.17) is 5.73 Å². The molecule has 7 nitrogen and oxygen atoms in total. The Morgan fingerprint density at radius 1 is 1.10 bits per heavy atom. The summed E-state index contributed by atoms with van der Waals surface area (Å²) in [5, 5.41) is 5.64. The number of nitrogens with one attached hydrogen (secondary N) is 2. The summed E-state index contributed by atoms with van der Waals surface area (Å²) >= 11 is 0. The van der Waals surface area contributed by atoms with Crippen LogP contribution in [0, 0.1) is 5.41 Å². The van der Waals surface area contributed by atoms with Crippen molar-refractivity contribution in [3.8, 4) is 0 Å². The van der Waals surface area contributed by atoms with Crippen molar-refractivity contribution >= 4 is 23.2 Å². The third-order valence-electron chi connectivity index (χ3n) is 5.39. The number of carbonyl (C=O) groups is 2. The lowest BCUT2D eigenvalue weighted by atomic mass is 9.83. The highest BCUT2D eigenvalue weighted by Crippen LogP contribution is 2.29. The van der Waals surface area contributed by atoms with Crippen molar-refractivity contribution < 1.29 is 9.59 Å². The molecule has 0 saturated carbocycles. The number of hydrogen-bond acceptors (Lipinski definition) is 5. The molecular weight excluding hydrogens is 366 g/mol. The van der Waals surface area contributed by atoms with Gasteiger partial charge in [0, 0.05) is 19.3 Å². The van der Waals surface area contributed by atoms with Crippen LogP contribution in [0.2, 0.25) is 0 Å². The van der Waals surface area contributed by atoms with E-state index < -0.39 is 0 Å². The molecule has 1 aliphatic rings. The molecular formula is C22H29N5O2. The van der Waals surface area contributed by atoms with Crippen molar-refractivity contribution in [3.63, 3.8) is 0 Å². The number of amides is 2. The minimum atomic E-state index is -0.372. The maximum Gasteiger partial charge on any atom is 0.274 e. The second-order valence-corrected chi connectivity index (χ2v) is 8.24. The summed E-state index contributed by atoms with van der Waals surface area (Å²) in [4.78, 5) is 31.1. The van der Waals surface area contributed by atoms with Crippen LogP contribution in [-0.2, 0) is 0 Å². The van der Waals surface area contributed by atoms with Crippen LogP contribution >= 0.6 is 0 Å². The summed E-state index contributed by atoms with van der Waals surface area (Å²) in [5.74, 6) is -0.558. The number of nitrogen functional groups attached to an aromatic ring is 1. The Bertz CT molecular complexity index is 854. The van der Waals surface area contributed by atoms with Gasteiger partial charge in [0.2, 0.25) is 0 Å². The zero-order chi connectivity index (χ0) is 20.9. The molecule has 0 spiro atoms. The summed E-state index contributed by atoms with van der Waals surface area (Å²) in [7, 11) is 0. The molecule has 154 valence electrons. The number of hydrogen-bond donors (Lipinski definition) is 3. The zero-order valence-corrected chi connectivity index (χ0v) is 17.1. The van der Waals surface area contributed by atoms with Gasteiger partial charge in [0.25, 0.3) is 11.8 Å². The van der Waals surface area contributed by atoms with Crippen molar-refractivity contribution in [2.75, 3.05) is 37.2 Å². The number of nitrogens with zero attached hydrogens (tertiary/aromatic N) is 2. The van der Waals surface area contributed by atoms with Gasteiger partial charge in [-0.3, -0.25) is 14.6 Å². The molecule has 7 heteroatoms. The van der Waals surface area contributed by atoms with Crippen LogP contribution in [0.15, 0.2) is 42.6 Å². The van der Waals surface area contributed by atoms with Crippen molar-refractivity contribution in [3.05, 3.63) is 53.9 Å². The molecule has 4 N–H and O–H groups in total. The molecule has 0 bridgehead atoms. The molecule has 29 heavy (non-hydrogen) atoms. The summed E-state index contributed by atoms with van der Waals surface area (Å²) < 4.78 is 0. The van der Waals surface area contributed by atoms with Crippen LogP contribution in [0.5, 0.6) is 0 Å². The third kappa shape index (κ3) is 5.77. The fourth-order valence-electron chi connectivity index (χ4n) is 3.27. The number of carbonyl (C=O) groups excluding carboxylic acids is 2. The van der Waals surface area contributed by atoms with Gasteiger partial charge in [-0.2, -0.15) is 0 Å². The minimum absolute atomic E-state index is 0.186. The van der Waals surface area contributed by atoms with Crippen molar-refractivity contribution in [2.24, 2.45) is 5.41 Å². The van der Waals surface area contributed by atoms with E-state index in [1.54, 1.807) is 30.3 Å². The van der Waals surface area contributed by atoms with E-state index in [0.717, 1.165) is 19.6 Å². The Hall–Kier alpha value is -2.93. The number of nitrogens with two attached hydrogens (primary N) is 1. The lowest BCUT2D eigenvalue weighted by Gasteiger charge is -2.36. The SMILES string of the molecule is CC1(C)CCN(CCNC(=O)c2ccc(C(=O)Nc3ccccc3N)nc2)CC1. The Morgan fingerprint density at radius 3 is 2.48 bits per heavy atom. The van der Waals surface area contributed by atoms with E-state index in [0.29, 0.717) is 28.9 Å². The molecule has 1 aromatic carbocycles. The second-order valence-electron chi connectivity index (χ2n) is 8.24. The van der Waals surface area contributed by atoms with Gasteiger partial charge in [0.05, 0.1) is 16.9 Å². The number of likely N-dealkylation sites (tertiary alicyclic amines) is 1. The van der Waals surface area contributed by atoms with Crippen LogP contribution in [0.1, 0.15) is 47.5 Å². The number of para-hydroxylation sites is 2. The number of aromatic nitrogens is 1. The first-order valence-corrected chi connectivity index (χ1v) is 9.96. The number of rotatable bonds is 6. The molecule has 1 aliphatic heterocycles. The summed E-state index contributed by atoms with van der Waals surface area (Å²) in [6.45, 7) is 8.18. The molecule has 0 atom stereocenters. The second kappa shape index (κ2) is 9.05. The Morgan fingerprint density at radius 2 is 1.83 bits per heavy atom. The van der Waals surface area contributed by atoms with Crippen molar-refractivity contribution in [2.45, 2.75) is 26.7 Å². The largest absolute Gasteiger partial charge is 0.397 e. The lowest BCUT2D eigenvalue weighted by molar-refractivity contribution is 0.0932. The predicted octanol–water partition coefficient (Wildman–Crippen LogP) is 2.77. The quantitative estimate of drug-likeness (QED) is 0.653. The first-order valence-electron chi connectivity index (χ1n) is 9.96. The molecule has 0 aliphatic carbocycles. The third-order valence-corrected chi connectivity index (χ3v) is 5.39. The number of anilines is 2. The summed E-state index contributed by atoms with van der Waals surface area (Å²) in [6.07, 6.45) is 3.79. The number of pyridine rings is 1. The monoisotopic (exact) mass is 395 g/mol. The van der Waals surface area contributed by atoms with E-state index in [2.05, 4.69) is 34.4 Å². The molecule has 3 rings (SSSR count). The first-order chi connectivity index (χ1) is 13.8. The first kappa shape index (κ1) is 20.8. The van der Waals surface area contributed by atoms with Crippen LogP contribution < -0.4 is 16.4 Å². The van der Waals surface area contributed by atoms with Gasteiger partial charge in [0.15, 0.2) is 0 Å². The highest BCUT2D eigenvalue weighted by Gasteiger charge is 2.24. The van der Waals surface area contributed by atoms with E-state index in [-0.39, 0.29) is 17.5 Å². The molecule has 1 fully saturated rings. The van der Waals surface area contributed by atoms with Gasteiger partial charge in [-0.15, -0.1) is 0 Å². The molecule has 2 heterocycles. The van der Waals surface area contributed by atoms with Crippen molar-refractivity contribution in [1.29, 1.82) is 0 Å².